The Kier molecular flexibility index (Phi) is 4.66. The fraction of sp³-hybridized carbons (Fsp3) is 0.562. The summed E-state index contributed by atoms with van der Waals surface area (Å²) in [6.45, 7) is 2.78. The minimum atomic E-state index is 0.0709. The molecule has 23 heavy (non-hydrogen) atoms. The number of methoxy groups -OCH3 is 1. The minimum absolute atomic E-state index is 0.0709. The number of nitrogens with zero attached hydrogens (tertiary/aromatic N) is 4. The predicted octanol–water partition coefficient (Wildman–Crippen LogP) is 2.49. The van der Waals surface area contributed by atoms with E-state index >= 15 is 0 Å². The molecule has 1 aliphatic rings. The first-order valence-corrected chi connectivity index (χ1v) is 8.80. The first-order valence-electron chi connectivity index (χ1n) is 7.85. The van der Waals surface area contributed by atoms with E-state index in [4.69, 9.17) is 4.74 Å². The molecule has 0 saturated carbocycles. The van der Waals surface area contributed by atoms with E-state index in [1.165, 1.54) is 0 Å². The molecule has 124 valence electrons. The maximum atomic E-state index is 12.7. The molecule has 1 fully saturated rings. The Hall–Kier alpha value is -1.89. The number of amides is 1. The van der Waals surface area contributed by atoms with E-state index in [9.17, 15) is 4.79 Å². The van der Waals surface area contributed by atoms with Crippen molar-refractivity contribution >= 4 is 17.2 Å². The van der Waals surface area contributed by atoms with Crippen LogP contribution in [0.3, 0.4) is 0 Å². The number of aryl methyl sites for hydroxylation is 3. The van der Waals surface area contributed by atoms with Crippen LogP contribution in [0.25, 0.3) is 0 Å². The highest BCUT2D eigenvalue weighted by Crippen LogP contribution is 2.39. The van der Waals surface area contributed by atoms with Gasteiger partial charge < -0.3 is 9.64 Å². The fourth-order valence-electron chi connectivity index (χ4n) is 3.38. The number of rotatable bonds is 5. The zero-order chi connectivity index (χ0) is 16.4. The second-order valence-corrected chi connectivity index (χ2v) is 6.58. The zero-order valence-corrected chi connectivity index (χ0v) is 14.6. The van der Waals surface area contributed by atoms with Crippen LogP contribution in [0.5, 0.6) is 5.88 Å². The molecule has 7 heteroatoms. The number of thiazole rings is 1. The molecule has 0 aromatic carbocycles. The number of likely N-dealkylation sites (tertiary alicyclic amines) is 1. The average Bonchev–Trinajstić information content (AvgIpc) is 3.24. The van der Waals surface area contributed by atoms with Crippen molar-refractivity contribution in [2.45, 2.75) is 38.6 Å². The second-order valence-electron chi connectivity index (χ2n) is 5.86. The summed E-state index contributed by atoms with van der Waals surface area (Å²) in [5.41, 5.74) is 4.79. The minimum Gasteiger partial charge on any atom is -0.481 e. The van der Waals surface area contributed by atoms with Crippen molar-refractivity contribution in [1.29, 1.82) is 0 Å². The Morgan fingerprint density at radius 3 is 3.04 bits per heavy atom. The third kappa shape index (κ3) is 3.10. The third-order valence-electron chi connectivity index (χ3n) is 4.39. The number of ether oxygens (including phenoxy) is 1. The average molecular weight is 334 g/mol. The van der Waals surface area contributed by atoms with Gasteiger partial charge in [0.05, 0.1) is 35.6 Å². The van der Waals surface area contributed by atoms with Gasteiger partial charge in [-0.1, -0.05) is 0 Å². The van der Waals surface area contributed by atoms with Crippen LogP contribution in [0.4, 0.5) is 0 Å². The summed E-state index contributed by atoms with van der Waals surface area (Å²) in [6, 6.07) is 0.0709. The first kappa shape index (κ1) is 16.0. The normalized spacial score (nSPS) is 17.7. The summed E-state index contributed by atoms with van der Waals surface area (Å²) in [4.78, 5) is 18.9. The van der Waals surface area contributed by atoms with E-state index < -0.39 is 0 Å². The van der Waals surface area contributed by atoms with Gasteiger partial charge >= 0.3 is 0 Å². The van der Waals surface area contributed by atoms with Crippen LogP contribution >= 0.6 is 11.3 Å². The van der Waals surface area contributed by atoms with E-state index in [1.54, 1.807) is 23.1 Å². The highest BCUT2D eigenvalue weighted by Gasteiger charge is 2.34. The molecule has 6 nitrogen and oxygen atoms in total. The lowest BCUT2D eigenvalue weighted by molar-refractivity contribution is -0.132. The number of hydrogen-bond donors (Lipinski definition) is 0. The van der Waals surface area contributed by atoms with Crippen LogP contribution in [-0.4, -0.2) is 39.2 Å². The number of aromatic nitrogens is 3. The van der Waals surface area contributed by atoms with E-state index in [0.717, 1.165) is 42.2 Å². The van der Waals surface area contributed by atoms with Gasteiger partial charge in [-0.2, -0.15) is 5.10 Å². The Bertz CT molecular complexity index is 681. The van der Waals surface area contributed by atoms with Crippen LogP contribution in [0.1, 0.15) is 42.3 Å². The van der Waals surface area contributed by atoms with Gasteiger partial charge in [-0.25, -0.2) is 9.67 Å². The van der Waals surface area contributed by atoms with E-state index in [0.29, 0.717) is 12.8 Å². The standard InChI is InChI=1S/C16H22N4O2S/c1-11-15(16(22-3)19(2)18-11)13-5-4-8-20(13)14(21)7-6-12-9-23-10-17-12/h9-10,13H,4-8H2,1-3H3. The summed E-state index contributed by atoms with van der Waals surface area (Å²) in [7, 11) is 3.53. The molecule has 1 aliphatic heterocycles. The van der Waals surface area contributed by atoms with Gasteiger partial charge in [0.15, 0.2) is 0 Å². The molecule has 2 aromatic heterocycles. The van der Waals surface area contributed by atoms with E-state index in [2.05, 4.69) is 10.1 Å². The van der Waals surface area contributed by atoms with Crippen molar-refractivity contribution in [1.82, 2.24) is 19.7 Å². The van der Waals surface area contributed by atoms with Crippen molar-refractivity contribution in [3.8, 4) is 5.88 Å². The number of carbonyl (C=O) groups excluding carboxylic acids is 1. The van der Waals surface area contributed by atoms with Crippen molar-refractivity contribution < 1.29 is 9.53 Å². The van der Waals surface area contributed by atoms with Gasteiger partial charge in [0.1, 0.15) is 0 Å². The van der Waals surface area contributed by atoms with Gasteiger partial charge in [0.25, 0.3) is 0 Å². The monoisotopic (exact) mass is 334 g/mol. The lowest BCUT2D eigenvalue weighted by atomic mass is 10.0. The van der Waals surface area contributed by atoms with Crippen LogP contribution in [0.15, 0.2) is 10.9 Å². The van der Waals surface area contributed by atoms with Gasteiger partial charge in [0, 0.05) is 25.4 Å². The summed E-state index contributed by atoms with van der Waals surface area (Å²) >= 11 is 1.57. The largest absolute Gasteiger partial charge is 0.481 e. The zero-order valence-electron chi connectivity index (χ0n) is 13.8. The topological polar surface area (TPSA) is 60.2 Å². The molecular formula is C16H22N4O2S. The SMILES string of the molecule is COc1c(C2CCCN2C(=O)CCc2cscn2)c(C)nn1C. The summed E-state index contributed by atoms with van der Waals surface area (Å²) in [6.07, 6.45) is 3.19. The quantitative estimate of drug-likeness (QED) is 0.843. The predicted molar refractivity (Wildman–Crippen MR) is 88.6 cm³/mol. The molecular weight excluding hydrogens is 312 g/mol. The molecule has 1 amide bonds. The molecule has 0 radical (unpaired) electrons. The molecule has 1 atom stereocenters. The number of hydrogen-bond acceptors (Lipinski definition) is 5. The molecule has 0 bridgehead atoms. The van der Waals surface area contributed by atoms with Crippen LogP contribution < -0.4 is 4.74 Å². The van der Waals surface area contributed by atoms with Crippen molar-refractivity contribution in [3.63, 3.8) is 0 Å². The molecule has 1 unspecified atom stereocenters. The lowest BCUT2D eigenvalue weighted by Gasteiger charge is -2.25. The summed E-state index contributed by atoms with van der Waals surface area (Å²) < 4.78 is 7.26. The van der Waals surface area contributed by atoms with Crippen molar-refractivity contribution in [2.24, 2.45) is 7.05 Å². The van der Waals surface area contributed by atoms with Crippen molar-refractivity contribution in [2.75, 3.05) is 13.7 Å². The number of carbonyl (C=O) groups is 1. The Balaban J connectivity index is 1.76. The van der Waals surface area contributed by atoms with Gasteiger partial charge in [0.2, 0.25) is 11.8 Å². The molecule has 0 aliphatic carbocycles. The van der Waals surface area contributed by atoms with E-state index in [-0.39, 0.29) is 11.9 Å². The van der Waals surface area contributed by atoms with Crippen LogP contribution in [0.2, 0.25) is 0 Å². The third-order valence-corrected chi connectivity index (χ3v) is 5.03. The fourth-order valence-corrected chi connectivity index (χ4v) is 3.98. The highest BCUT2D eigenvalue weighted by atomic mass is 32.1. The second kappa shape index (κ2) is 6.70. The Morgan fingerprint density at radius 1 is 1.52 bits per heavy atom. The smallest absolute Gasteiger partial charge is 0.223 e. The van der Waals surface area contributed by atoms with E-state index in [1.807, 2.05) is 29.8 Å². The maximum absolute atomic E-state index is 12.7. The molecule has 3 rings (SSSR count). The van der Waals surface area contributed by atoms with Crippen LogP contribution in [-0.2, 0) is 18.3 Å². The summed E-state index contributed by atoms with van der Waals surface area (Å²) in [5.74, 6) is 0.942. The molecule has 3 heterocycles. The van der Waals surface area contributed by atoms with Gasteiger partial charge in [-0.3, -0.25) is 4.79 Å². The van der Waals surface area contributed by atoms with Crippen LogP contribution in [0, 0.1) is 6.92 Å². The molecule has 0 spiro atoms. The molecule has 2 aromatic rings. The van der Waals surface area contributed by atoms with Gasteiger partial charge in [-0.05, 0) is 26.2 Å². The highest BCUT2D eigenvalue weighted by molar-refractivity contribution is 7.07. The lowest BCUT2D eigenvalue weighted by Crippen LogP contribution is -2.31. The first-order chi connectivity index (χ1) is 11.1. The molecule has 0 N–H and O–H groups in total. The Morgan fingerprint density at radius 2 is 2.35 bits per heavy atom. The Labute approximate surface area is 140 Å². The molecule has 1 saturated heterocycles. The summed E-state index contributed by atoms with van der Waals surface area (Å²) in [5, 5.41) is 6.45. The maximum Gasteiger partial charge on any atom is 0.223 e. The van der Waals surface area contributed by atoms with Crippen molar-refractivity contribution in [3.05, 3.63) is 27.8 Å². The van der Waals surface area contributed by atoms with Gasteiger partial charge in [-0.15, -0.1) is 11.3 Å².